The number of nitrogens with one attached hydrogen (secondary N) is 1. The summed E-state index contributed by atoms with van der Waals surface area (Å²) >= 11 is 0. The van der Waals surface area contributed by atoms with Crippen LogP contribution in [-0.4, -0.2) is 37.6 Å². The molecule has 15 heavy (non-hydrogen) atoms. The van der Waals surface area contributed by atoms with Crippen molar-refractivity contribution in [1.82, 2.24) is 10.2 Å². The number of nitrogens with zero attached hydrogens (tertiary/aromatic N) is 1. The lowest BCUT2D eigenvalue weighted by Crippen LogP contribution is -2.35. The molecule has 1 saturated heterocycles. The molecule has 1 aromatic heterocycles. The van der Waals surface area contributed by atoms with Crippen LogP contribution < -0.4 is 5.32 Å². The van der Waals surface area contributed by atoms with Crippen LogP contribution in [0.15, 0.2) is 22.8 Å². The van der Waals surface area contributed by atoms with Crippen LogP contribution in [0.4, 0.5) is 0 Å². The Bertz CT molecular complexity index is 251. The van der Waals surface area contributed by atoms with E-state index in [9.17, 15) is 0 Å². The van der Waals surface area contributed by atoms with E-state index >= 15 is 0 Å². The van der Waals surface area contributed by atoms with Gasteiger partial charge in [0.25, 0.3) is 0 Å². The minimum atomic E-state index is 1.04. The van der Waals surface area contributed by atoms with Gasteiger partial charge in [0.15, 0.2) is 0 Å². The van der Waals surface area contributed by atoms with Crippen LogP contribution in [0.5, 0.6) is 0 Å². The molecule has 0 atom stereocenters. The van der Waals surface area contributed by atoms with Crippen LogP contribution in [0.1, 0.15) is 18.6 Å². The third-order valence-corrected chi connectivity index (χ3v) is 2.91. The Labute approximate surface area is 91.4 Å². The lowest BCUT2D eigenvalue weighted by molar-refractivity contribution is 0.250. The molecule has 1 aliphatic heterocycles. The molecule has 0 unspecified atom stereocenters. The summed E-state index contributed by atoms with van der Waals surface area (Å²) in [5.74, 6) is 1.11. The predicted molar refractivity (Wildman–Crippen MR) is 61.0 cm³/mol. The zero-order valence-electron chi connectivity index (χ0n) is 9.24. The zero-order chi connectivity index (χ0) is 10.3. The molecule has 1 aliphatic rings. The first-order valence-electron chi connectivity index (χ1n) is 5.90. The molecule has 1 N–H and O–H groups in total. The number of hydrogen-bond acceptors (Lipinski definition) is 3. The molecule has 84 valence electrons. The molecule has 1 aromatic rings. The molecule has 0 spiro atoms. The molecule has 0 aliphatic carbocycles. The van der Waals surface area contributed by atoms with Crippen molar-refractivity contribution in [3.8, 4) is 0 Å². The summed E-state index contributed by atoms with van der Waals surface area (Å²) < 4.78 is 5.34. The van der Waals surface area contributed by atoms with E-state index in [2.05, 4.69) is 16.3 Å². The minimum absolute atomic E-state index is 1.04. The van der Waals surface area contributed by atoms with Crippen LogP contribution in [0, 0.1) is 0 Å². The number of furan rings is 1. The summed E-state index contributed by atoms with van der Waals surface area (Å²) in [6.45, 7) is 5.89. The van der Waals surface area contributed by atoms with Crippen molar-refractivity contribution in [2.24, 2.45) is 0 Å². The van der Waals surface area contributed by atoms with E-state index in [0.29, 0.717) is 0 Å². The summed E-state index contributed by atoms with van der Waals surface area (Å²) in [6, 6.07) is 4.03. The highest BCUT2D eigenvalue weighted by molar-refractivity contribution is 4.98. The van der Waals surface area contributed by atoms with E-state index in [4.69, 9.17) is 4.42 Å². The number of hydrogen-bond donors (Lipinski definition) is 1. The van der Waals surface area contributed by atoms with Crippen LogP contribution in [0.25, 0.3) is 0 Å². The van der Waals surface area contributed by atoms with Gasteiger partial charge in [-0.15, -0.1) is 0 Å². The Morgan fingerprint density at radius 2 is 2.07 bits per heavy atom. The van der Waals surface area contributed by atoms with Crippen molar-refractivity contribution in [2.45, 2.75) is 19.3 Å². The van der Waals surface area contributed by atoms with Gasteiger partial charge in [0.1, 0.15) is 5.76 Å². The second kappa shape index (κ2) is 5.93. The lowest BCUT2D eigenvalue weighted by atomic mass is 10.2. The van der Waals surface area contributed by atoms with Crippen molar-refractivity contribution in [1.29, 1.82) is 0 Å². The van der Waals surface area contributed by atoms with Crippen LogP contribution in [0.2, 0.25) is 0 Å². The topological polar surface area (TPSA) is 28.4 Å². The number of rotatable bonds is 3. The maximum atomic E-state index is 5.34. The second-order valence-electron chi connectivity index (χ2n) is 4.13. The normalized spacial score (nSPS) is 19.7. The van der Waals surface area contributed by atoms with Gasteiger partial charge < -0.3 is 14.6 Å². The van der Waals surface area contributed by atoms with Gasteiger partial charge in [0.05, 0.1) is 6.26 Å². The molecule has 0 saturated carbocycles. The summed E-state index contributed by atoms with van der Waals surface area (Å²) in [5.41, 5.74) is 0. The molecule has 0 bridgehead atoms. The summed E-state index contributed by atoms with van der Waals surface area (Å²) in [6.07, 6.45) is 5.32. The average molecular weight is 208 g/mol. The van der Waals surface area contributed by atoms with Crippen molar-refractivity contribution < 1.29 is 4.42 Å². The molecule has 1 fully saturated rings. The SMILES string of the molecule is c1coc(CCN2CCCNCCC2)c1. The van der Waals surface area contributed by atoms with Crippen molar-refractivity contribution in [2.75, 3.05) is 32.7 Å². The van der Waals surface area contributed by atoms with Gasteiger partial charge >= 0.3 is 0 Å². The predicted octanol–water partition coefficient (Wildman–Crippen LogP) is 1.51. The van der Waals surface area contributed by atoms with E-state index in [1.54, 1.807) is 6.26 Å². The molecule has 2 rings (SSSR count). The van der Waals surface area contributed by atoms with Crippen LogP contribution in [0.3, 0.4) is 0 Å². The monoisotopic (exact) mass is 208 g/mol. The van der Waals surface area contributed by atoms with Crippen LogP contribution >= 0.6 is 0 Å². The quantitative estimate of drug-likeness (QED) is 0.816. The zero-order valence-corrected chi connectivity index (χ0v) is 9.24. The average Bonchev–Trinajstić information content (AvgIpc) is 2.68. The van der Waals surface area contributed by atoms with Gasteiger partial charge in [-0.25, -0.2) is 0 Å². The Morgan fingerprint density at radius 1 is 1.27 bits per heavy atom. The highest BCUT2D eigenvalue weighted by atomic mass is 16.3. The molecule has 0 radical (unpaired) electrons. The fourth-order valence-electron chi connectivity index (χ4n) is 2.04. The Balaban J connectivity index is 1.72. The first kappa shape index (κ1) is 10.7. The fraction of sp³-hybridized carbons (Fsp3) is 0.667. The lowest BCUT2D eigenvalue weighted by Gasteiger charge is -2.24. The Kier molecular flexibility index (Phi) is 4.23. The van der Waals surface area contributed by atoms with Gasteiger partial charge in [-0.2, -0.15) is 0 Å². The smallest absolute Gasteiger partial charge is 0.105 e. The molecule has 0 amide bonds. The maximum absolute atomic E-state index is 5.34. The second-order valence-corrected chi connectivity index (χ2v) is 4.13. The highest BCUT2D eigenvalue weighted by Gasteiger charge is 2.07. The Hall–Kier alpha value is -0.800. The maximum Gasteiger partial charge on any atom is 0.105 e. The fourth-order valence-corrected chi connectivity index (χ4v) is 2.04. The molecule has 3 heteroatoms. The van der Waals surface area contributed by atoms with E-state index in [1.165, 1.54) is 25.9 Å². The molecular formula is C12H20N2O. The summed E-state index contributed by atoms with van der Waals surface area (Å²) in [7, 11) is 0. The van der Waals surface area contributed by atoms with Crippen LogP contribution in [-0.2, 0) is 6.42 Å². The van der Waals surface area contributed by atoms with Gasteiger partial charge in [-0.3, -0.25) is 0 Å². The van der Waals surface area contributed by atoms with Gasteiger partial charge in [0.2, 0.25) is 0 Å². The van der Waals surface area contributed by atoms with E-state index in [1.807, 2.05) is 6.07 Å². The van der Waals surface area contributed by atoms with Crippen molar-refractivity contribution in [3.63, 3.8) is 0 Å². The molecule has 2 heterocycles. The molecular weight excluding hydrogens is 188 g/mol. The highest BCUT2D eigenvalue weighted by Crippen LogP contribution is 2.04. The minimum Gasteiger partial charge on any atom is -0.469 e. The summed E-state index contributed by atoms with van der Waals surface area (Å²) in [5, 5.41) is 3.43. The van der Waals surface area contributed by atoms with E-state index < -0.39 is 0 Å². The third kappa shape index (κ3) is 3.68. The van der Waals surface area contributed by atoms with Gasteiger partial charge in [-0.05, 0) is 51.2 Å². The summed E-state index contributed by atoms with van der Waals surface area (Å²) in [4.78, 5) is 2.54. The first-order chi connectivity index (χ1) is 7.45. The molecule has 3 nitrogen and oxygen atoms in total. The standard InChI is InChI=1S/C12H20N2O/c1-4-12(15-11-1)5-10-14-8-2-6-13-7-3-9-14/h1,4,11,13H,2-3,5-10H2. The van der Waals surface area contributed by atoms with E-state index in [0.717, 1.165) is 31.8 Å². The van der Waals surface area contributed by atoms with Gasteiger partial charge in [0, 0.05) is 13.0 Å². The van der Waals surface area contributed by atoms with Crippen molar-refractivity contribution >= 4 is 0 Å². The van der Waals surface area contributed by atoms with Crippen molar-refractivity contribution in [3.05, 3.63) is 24.2 Å². The third-order valence-electron chi connectivity index (χ3n) is 2.91. The van der Waals surface area contributed by atoms with Gasteiger partial charge in [-0.1, -0.05) is 0 Å². The Morgan fingerprint density at radius 3 is 2.73 bits per heavy atom. The largest absolute Gasteiger partial charge is 0.469 e. The first-order valence-corrected chi connectivity index (χ1v) is 5.90. The van der Waals surface area contributed by atoms with E-state index in [-0.39, 0.29) is 0 Å². The molecule has 0 aromatic carbocycles.